The van der Waals surface area contributed by atoms with E-state index in [4.69, 9.17) is 5.11 Å². The quantitative estimate of drug-likeness (QED) is 0.888. The summed E-state index contributed by atoms with van der Waals surface area (Å²) in [4.78, 5) is 12.9. The maximum atomic E-state index is 11.4. The first kappa shape index (κ1) is 15.7. The Bertz CT molecular complexity index is 551. The van der Waals surface area contributed by atoms with E-state index in [-0.39, 0.29) is 10.9 Å². The van der Waals surface area contributed by atoms with Crippen LogP contribution in [-0.2, 0) is 14.6 Å². The van der Waals surface area contributed by atoms with Crippen molar-refractivity contribution in [2.45, 2.75) is 30.8 Å². The van der Waals surface area contributed by atoms with Gasteiger partial charge in [-0.1, -0.05) is 12.1 Å². The molecule has 1 aromatic rings. The van der Waals surface area contributed by atoms with Crippen molar-refractivity contribution in [3.63, 3.8) is 0 Å². The molecule has 0 fully saturated rings. The Morgan fingerprint density at radius 1 is 1.21 bits per heavy atom. The van der Waals surface area contributed by atoms with Crippen molar-refractivity contribution in [2.24, 2.45) is 0 Å². The first-order chi connectivity index (χ1) is 8.64. The summed E-state index contributed by atoms with van der Waals surface area (Å²) < 4.78 is 22.7. The van der Waals surface area contributed by atoms with E-state index < -0.39 is 21.8 Å². The first-order valence-electron chi connectivity index (χ1n) is 5.89. The van der Waals surface area contributed by atoms with E-state index in [9.17, 15) is 13.2 Å². The van der Waals surface area contributed by atoms with Crippen LogP contribution in [0.5, 0.6) is 0 Å². The molecule has 0 amide bonds. The number of hydrogen-bond donors (Lipinski definition) is 1. The zero-order chi connectivity index (χ0) is 14.8. The Balaban J connectivity index is 2.95. The highest BCUT2D eigenvalue weighted by Gasteiger charge is 2.22. The van der Waals surface area contributed by atoms with Crippen molar-refractivity contribution in [1.82, 2.24) is 4.90 Å². The molecular formula is C13H19NO4S. The Morgan fingerprint density at radius 2 is 1.68 bits per heavy atom. The molecule has 0 spiro atoms. The highest BCUT2D eigenvalue weighted by atomic mass is 32.2. The van der Waals surface area contributed by atoms with Gasteiger partial charge < -0.3 is 5.11 Å². The SMILES string of the molecule is CC(C(=O)O)N(C)C(C)c1ccc(S(C)(=O)=O)cc1. The number of likely N-dealkylation sites (N-methyl/N-ethyl adjacent to an activating group) is 1. The number of carbonyl (C=O) groups is 1. The maximum absolute atomic E-state index is 11.4. The van der Waals surface area contributed by atoms with Gasteiger partial charge in [-0.15, -0.1) is 0 Å². The molecule has 0 saturated heterocycles. The predicted molar refractivity (Wildman–Crippen MR) is 72.8 cm³/mol. The van der Waals surface area contributed by atoms with Crippen molar-refractivity contribution in [1.29, 1.82) is 0 Å². The third kappa shape index (κ3) is 3.78. The normalized spacial score (nSPS) is 15.2. The minimum atomic E-state index is -3.20. The summed E-state index contributed by atoms with van der Waals surface area (Å²) in [5.74, 6) is -0.887. The first-order valence-corrected chi connectivity index (χ1v) is 7.78. The van der Waals surface area contributed by atoms with Gasteiger partial charge in [-0.2, -0.15) is 0 Å². The van der Waals surface area contributed by atoms with Crippen molar-refractivity contribution >= 4 is 15.8 Å². The van der Waals surface area contributed by atoms with E-state index in [1.165, 1.54) is 0 Å². The standard InChI is InChI=1S/C13H19NO4S/c1-9(14(3)10(2)13(15)16)11-5-7-12(8-6-11)19(4,17)18/h5-10H,1-4H3,(H,15,16). The number of carboxylic acids is 1. The Labute approximate surface area is 113 Å². The minimum absolute atomic E-state index is 0.111. The largest absolute Gasteiger partial charge is 0.480 e. The number of sulfone groups is 1. The molecule has 6 heteroatoms. The summed E-state index contributed by atoms with van der Waals surface area (Å²) in [7, 11) is -1.47. The molecule has 5 nitrogen and oxygen atoms in total. The Hall–Kier alpha value is -1.40. The third-order valence-electron chi connectivity index (χ3n) is 3.37. The third-order valence-corrected chi connectivity index (χ3v) is 4.50. The van der Waals surface area contributed by atoms with Gasteiger partial charge >= 0.3 is 5.97 Å². The number of carboxylic acid groups (broad SMARTS) is 1. The van der Waals surface area contributed by atoms with E-state index in [0.29, 0.717) is 0 Å². The molecule has 2 atom stereocenters. The molecule has 0 heterocycles. The lowest BCUT2D eigenvalue weighted by Gasteiger charge is -2.28. The molecule has 0 aliphatic rings. The van der Waals surface area contributed by atoms with Gasteiger partial charge in [0.05, 0.1) is 4.90 Å². The number of aliphatic carboxylic acids is 1. The van der Waals surface area contributed by atoms with Crippen LogP contribution in [0.1, 0.15) is 25.5 Å². The highest BCUT2D eigenvalue weighted by Crippen LogP contribution is 2.22. The van der Waals surface area contributed by atoms with Crippen LogP contribution in [0.3, 0.4) is 0 Å². The van der Waals surface area contributed by atoms with Crippen LogP contribution >= 0.6 is 0 Å². The summed E-state index contributed by atoms with van der Waals surface area (Å²) in [5, 5.41) is 8.98. The van der Waals surface area contributed by atoms with Crippen LogP contribution in [0.25, 0.3) is 0 Å². The van der Waals surface area contributed by atoms with Crippen molar-refractivity contribution in [3.05, 3.63) is 29.8 Å². The van der Waals surface area contributed by atoms with Gasteiger partial charge in [-0.3, -0.25) is 9.69 Å². The fraction of sp³-hybridized carbons (Fsp3) is 0.462. The second-order valence-corrected chi connectivity index (χ2v) is 6.71. The molecule has 1 rings (SSSR count). The van der Waals surface area contributed by atoms with Gasteiger partial charge in [0.2, 0.25) is 0 Å². The summed E-state index contributed by atoms with van der Waals surface area (Å²) >= 11 is 0. The van der Waals surface area contributed by atoms with E-state index in [1.54, 1.807) is 43.1 Å². The summed E-state index contributed by atoms with van der Waals surface area (Å²) in [5.41, 5.74) is 0.878. The van der Waals surface area contributed by atoms with Gasteiger partial charge in [0.1, 0.15) is 6.04 Å². The fourth-order valence-corrected chi connectivity index (χ4v) is 2.37. The number of benzene rings is 1. The van der Waals surface area contributed by atoms with Crippen LogP contribution < -0.4 is 0 Å². The topological polar surface area (TPSA) is 74.7 Å². The van der Waals surface area contributed by atoms with E-state index >= 15 is 0 Å². The summed E-state index contributed by atoms with van der Waals surface area (Å²) in [6.45, 7) is 3.50. The molecule has 0 aliphatic heterocycles. The van der Waals surface area contributed by atoms with Gasteiger partial charge in [0.25, 0.3) is 0 Å². The zero-order valence-corrected chi connectivity index (χ0v) is 12.3. The molecule has 2 unspecified atom stereocenters. The summed E-state index contributed by atoms with van der Waals surface area (Å²) in [6.07, 6.45) is 1.16. The molecule has 19 heavy (non-hydrogen) atoms. The monoisotopic (exact) mass is 285 g/mol. The van der Waals surface area contributed by atoms with Crippen LogP contribution in [0, 0.1) is 0 Å². The smallest absolute Gasteiger partial charge is 0.320 e. The molecule has 1 N–H and O–H groups in total. The maximum Gasteiger partial charge on any atom is 0.320 e. The molecular weight excluding hydrogens is 266 g/mol. The average molecular weight is 285 g/mol. The highest BCUT2D eigenvalue weighted by molar-refractivity contribution is 7.90. The minimum Gasteiger partial charge on any atom is -0.480 e. The van der Waals surface area contributed by atoms with Crippen LogP contribution in [0.2, 0.25) is 0 Å². The Kier molecular flexibility index (Phi) is 4.70. The van der Waals surface area contributed by atoms with E-state index in [0.717, 1.165) is 11.8 Å². The van der Waals surface area contributed by atoms with Crippen molar-refractivity contribution in [2.75, 3.05) is 13.3 Å². The molecule has 106 valence electrons. The van der Waals surface area contributed by atoms with Crippen LogP contribution in [-0.4, -0.2) is 43.7 Å². The number of hydrogen-bond acceptors (Lipinski definition) is 4. The van der Waals surface area contributed by atoms with E-state index in [1.807, 2.05) is 6.92 Å². The molecule has 0 bridgehead atoms. The Morgan fingerprint density at radius 3 is 2.05 bits per heavy atom. The van der Waals surface area contributed by atoms with E-state index in [2.05, 4.69) is 0 Å². The van der Waals surface area contributed by atoms with Gasteiger partial charge in [-0.05, 0) is 38.6 Å². The number of nitrogens with zero attached hydrogens (tertiary/aromatic N) is 1. The lowest BCUT2D eigenvalue weighted by Crippen LogP contribution is -2.37. The molecule has 0 radical (unpaired) electrons. The summed E-state index contributed by atoms with van der Waals surface area (Å²) in [6, 6.07) is 5.79. The molecule has 0 saturated carbocycles. The average Bonchev–Trinajstić information content (AvgIpc) is 2.35. The second kappa shape index (κ2) is 5.71. The molecule has 0 aliphatic carbocycles. The van der Waals surface area contributed by atoms with Gasteiger partial charge in [0.15, 0.2) is 9.84 Å². The van der Waals surface area contributed by atoms with Crippen molar-refractivity contribution in [3.8, 4) is 0 Å². The van der Waals surface area contributed by atoms with Crippen LogP contribution in [0.15, 0.2) is 29.2 Å². The van der Waals surface area contributed by atoms with Gasteiger partial charge in [-0.25, -0.2) is 8.42 Å². The van der Waals surface area contributed by atoms with Crippen molar-refractivity contribution < 1.29 is 18.3 Å². The lowest BCUT2D eigenvalue weighted by atomic mass is 10.1. The molecule has 1 aromatic carbocycles. The predicted octanol–water partition coefficient (Wildman–Crippen LogP) is 1.56. The number of rotatable bonds is 5. The molecule has 0 aromatic heterocycles. The zero-order valence-electron chi connectivity index (χ0n) is 11.5. The lowest BCUT2D eigenvalue weighted by molar-refractivity contribution is -0.142. The second-order valence-electron chi connectivity index (χ2n) is 4.70. The van der Waals surface area contributed by atoms with Gasteiger partial charge in [0, 0.05) is 12.3 Å². The fourth-order valence-electron chi connectivity index (χ4n) is 1.74. The van der Waals surface area contributed by atoms with Crippen LogP contribution in [0.4, 0.5) is 0 Å².